The van der Waals surface area contributed by atoms with Crippen molar-refractivity contribution in [3.8, 4) is 5.75 Å². The average Bonchev–Trinajstić information content (AvgIpc) is 2.60. The predicted octanol–water partition coefficient (Wildman–Crippen LogP) is 3.76. The third-order valence-electron chi connectivity index (χ3n) is 4.29. The normalized spacial score (nSPS) is 10.9. The van der Waals surface area contributed by atoms with Crippen LogP contribution >= 0.6 is 0 Å². The lowest BCUT2D eigenvalue weighted by molar-refractivity contribution is -0.136. The highest BCUT2D eigenvalue weighted by atomic mass is 19.1. The van der Waals surface area contributed by atoms with Crippen LogP contribution in [0.15, 0.2) is 45.6 Å². The Kier molecular flexibility index (Phi) is 4.75. The van der Waals surface area contributed by atoms with Crippen LogP contribution in [0, 0.1) is 19.7 Å². The molecule has 5 nitrogen and oxygen atoms in total. The first-order chi connectivity index (χ1) is 12.4. The zero-order valence-corrected chi connectivity index (χ0v) is 14.3. The highest BCUT2D eigenvalue weighted by Crippen LogP contribution is 2.30. The largest absolute Gasteiger partial charge is 0.488 e. The quantitative estimate of drug-likeness (QED) is 0.705. The van der Waals surface area contributed by atoms with Gasteiger partial charge in [0, 0.05) is 10.9 Å². The molecule has 0 aliphatic heterocycles. The van der Waals surface area contributed by atoms with Gasteiger partial charge < -0.3 is 14.3 Å². The molecule has 6 heteroatoms. The van der Waals surface area contributed by atoms with E-state index in [1.54, 1.807) is 38.1 Å². The summed E-state index contributed by atoms with van der Waals surface area (Å²) >= 11 is 0. The van der Waals surface area contributed by atoms with Gasteiger partial charge in [0.25, 0.3) is 0 Å². The van der Waals surface area contributed by atoms with E-state index in [9.17, 15) is 14.0 Å². The Morgan fingerprint density at radius 1 is 1.12 bits per heavy atom. The molecule has 1 heterocycles. The van der Waals surface area contributed by atoms with Crippen molar-refractivity contribution in [2.24, 2.45) is 0 Å². The van der Waals surface area contributed by atoms with E-state index >= 15 is 0 Å². The van der Waals surface area contributed by atoms with Gasteiger partial charge in [0.15, 0.2) is 0 Å². The molecule has 0 radical (unpaired) electrons. The number of hydrogen-bond donors (Lipinski definition) is 1. The van der Waals surface area contributed by atoms with Crippen LogP contribution in [0.2, 0.25) is 0 Å². The van der Waals surface area contributed by atoms with E-state index < -0.39 is 11.6 Å². The fraction of sp³-hybridized carbons (Fsp3) is 0.200. The van der Waals surface area contributed by atoms with Crippen molar-refractivity contribution < 1.29 is 23.4 Å². The Hall–Kier alpha value is -3.15. The van der Waals surface area contributed by atoms with Gasteiger partial charge in [-0.3, -0.25) is 4.79 Å². The minimum Gasteiger partial charge on any atom is -0.488 e. The van der Waals surface area contributed by atoms with Crippen molar-refractivity contribution in [3.63, 3.8) is 0 Å². The molecule has 0 fully saturated rings. The highest BCUT2D eigenvalue weighted by Gasteiger charge is 2.17. The first kappa shape index (κ1) is 17.7. The van der Waals surface area contributed by atoms with Crippen LogP contribution in [-0.2, 0) is 17.8 Å². The standard InChI is InChI=1S/C20H17FO5/c1-11-15-7-8-17(25-10-13-3-5-14(21)6-4-13)12(2)19(15)26-20(24)16(11)9-18(22)23/h3-8H,9-10H2,1-2H3,(H,22,23). The maximum absolute atomic E-state index is 13.0. The summed E-state index contributed by atoms with van der Waals surface area (Å²) in [7, 11) is 0. The van der Waals surface area contributed by atoms with Crippen molar-refractivity contribution in [2.45, 2.75) is 26.9 Å². The molecule has 134 valence electrons. The van der Waals surface area contributed by atoms with E-state index in [-0.39, 0.29) is 24.4 Å². The van der Waals surface area contributed by atoms with Gasteiger partial charge in [-0.1, -0.05) is 12.1 Å². The molecule has 0 atom stereocenters. The molecule has 1 aromatic heterocycles. The van der Waals surface area contributed by atoms with Gasteiger partial charge in [-0.25, -0.2) is 9.18 Å². The summed E-state index contributed by atoms with van der Waals surface area (Å²) < 4.78 is 24.1. The number of fused-ring (bicyclic) bond motifs is 1. The fourth-order valence-corrected chi connectivity index (χ4v) is 2.82. The third kappa shape index (κ3) is 3.44. The SMILES string of the molecule is Cc1c(CC(=O)O)c(=O)oc2c(C)c(OCc3ccc(F)cc3)ccc12. The van der Waals surface area contributed by atoms with Gasteiger partial charge in [-0.05, 0) is 49.2 Å². The average molecular weight is 356 g/mol. The van der Waals surface area contributed by atoms with E-state index in [0.29, 0.717) is 27.8 Å². The Morgan fingerprint density at radius 3 is 2.46 bits per heavy atom. The van der Waals surface area contributed by atoms with Gasteiger partial charge in [0.1, 0.15) is 23.8 Å². The second kappa shape index (κ2) is 7.00. The topological polar surface area (TPSA) is 76.7 Å². The fourth-order valence-electron chi connectivity index (χ4n) is 2.82. The molecular weight excluding hydrogens is 339 g/mol. The lowest BCUT2D eigenvalue weighted by Crippen LogP contribution is -2.15. The number of benzene rings is 2. The zero-order valence-electron chi connectivity index (χ0n) is 14.3. The molecule has 0 aliphatic rings. The minimum absolute atomic E-state index is 0.143. The van der Waals surface area contributed by atoms with Crippen molar-refractivity contribution >= 4 is 16.9 Å². The summed E-state index contributed by atoms with van der Waals surface area (Å²) in [5.41, 5.74) is 1.90. The molecule has 3 aromatic rings. The van der Waals surface area contributed by atoms with Gasteiger partial charge in [-0.15, -0.1) is 0 Å². The second-order valence-electron chi connectivity index (χ2n) is 6.04. The molecule has 0 saturated carbocycles. The second-order valence-corrected chi connectivity index (χ2v) is 6.04. The number of ether oxygens (including phenoxy) is 1. The molecule has 0 amide bonds. The highest BCUT2D eigenvalue weighted by molar-refractivity contribution is 5.86. The number of rotatable bonds is 5. The Bertz CT molecular complexity index is 1030. The van der Waals surface area contributed by atoms with E-state index in [4.69, 9.17) is 14.3 Å². The lowest BCUT2D eigenvalue weighted by atomic mass is 10.0. The van der Waals surface area contributed by atoms with E-state index in [1.807, 2.05) is 0 Å². The third-order valence-corrected chi connectivity index (χ3v) is 4.29. The summed E-state index contributed by atoms with van der Waals surface area (Å²) in [5.74, 6) is -0.865. The van der Waals surface area contributed by atoms with Crippen LogP contribution in [-0.4, -0.2) is 11.1 Å². The first-order valence-corrected chi connectivity index (χ1v) is 8.01. The van der Waals surface area contributed by atoms with Crippen molar-refractivity contribution in [1.82, 2.24) is 0 Å². The molecule has 26 heavy (non-hydrogen) atoms. The van der Waals surface area contributed by atoms with Crippen LogP contribution in [0.25, 0.3) is 11.0 Å². The Labute approximate surface area is 148 Å². The number of carboxylic acid groups (broad SMARTS) is 1. The maximum Gasteiger partial charge on any atom is 0.340 e. The van der Waals surface area contributed by atoms with Gasteiger partial charge in [-0.2, -0.15) is 0 Å². The summed E-state index contributed by atoms with van der Waals surface area (Å²) in [4.78, 5) is 23.1. The van der Waals surface area contributed by atoms with E-state index in [0.717, 1.165) is 5.56 Å². The number of hydrogen-bond acceptors (Lipinski definition) is 4. The van der Waals surface area contributed by atoms with E-state index in [1.165, 1.54) is 12.1 Å². The number of carboxylic acids is 1. The number of aliphatic carboxylic acids is 1. The molecule has 0 bridgehead atoms. The van der Waals surface area contributed by atoms with Crippen molar-refractivity contribution in [3.05, 3.63) is 74.9 Å². The van der Waals surface area contributed by atoms with Crippen LogP contribution in [0.5, 0.6) is 5.75 Å². The Balaban J connectivity index is 1.96. The van der Waals surface area contributed by atoms with Crippen LogP contribution < -0.4 is 10.4 Å². The van der Waals surface area contributed by atoms with Crippen LogP contribution in [0.1, 0.15) is 22.3 Å². The summed E-state index contributed by atoms with van der Waals surface area (Å²) in [6.45, 7) is 3.71. The van der Waals surface area contributed by atoms with Gasteiger partial charge in [0.2, 0.25) is 0 Å². The van der Waals surface area contributed by atoms with Gasteiger partial charge in [0.05, 0.1) is 12.0 Å². The summed E-state index contributed by atoms with van der Waals surface area (Å²) in [5, 5.41) is 9.63. The first-order valence-electron chi connectivity index (χ1n) is 8.01. The summed E-state index contributed by atoms with van der Waals surface area (Å²) in [6, 6.07) is 9.48. The minimum atomic E-state index is -1.09. The zero-order chi connectivity index (χ0) is 18.8. The molecule has 2 aromatic carbocycles. The van der Waals surface area contributed by atoms with Crippen molar-refractivity contribution in [1.29, 1.82) is 0 Å². The molecule has 0 aliphatic carbocycles. The van der Waals surface area contributed by atoms with E-state index in [2.05, 4.69) is 0 Å². The number of carbonyl (C=O) groups is 1. The molecular formula is C20H17FO5. The smallest absolute Gasteiger partial charge is 0.340 e. The Morgan fingerprint density at radius 2 is 1.81 bits per heavy atom. The number of aryl methyl sites for hydroxylation is 2. The molecule has 3 rings (SSSR count). The maximum atomic E-state index is 13.0. The number of halogens is 1. The van der Waals surface area contributed by atoms with Crippen molar-refractivity contribution in [2.75, 3.05) is 0 Å². The van der Waals surface area contributed by atoms with Gasteiger partial charge >= 0.3 is 11.6 Å². The monoisotopic (exact) mass is 356 g/mol. The molecule has 0 saturated heterocycles. The molecule has 1 N–H and O–H groups in total. The molecule has 0 unspecified atom stereocenters. The predicted molar refractivity (Wildman–Crippen MR) is 94.0 cm³/mol. The molecule has 0 spiro atoms. The summed E-state index contributed by atoms with van der Waals surface area (Å²) in [6.07, 6.45) is -0.383. The van der Waals surface area contributed by atoms with Crippen LogP contribution in [0.3, 0.4) is 0 Å². The van der Waals surface area contributed by atoms with Crippen LogP contribution in [0.4, 0.5) is 4.39 Å². The lowest BCUT2D eigenvalue weighted by Gasteiger charge is -2.13.